The van der Waals surface area contributed by atoms with Gasteiger partial charge in [-0.15, -0.1) is 0 Å². The van der Waals surface area contributed by atoms with Crippen LogP contribution in [0.2, 0.25) is 0 Å². The standard InChI is InChI=1S/C10H14N2O4.C9H11NO4/c1-10(12-11,9(15)16)5-6-2-3-7(13)8(14)4-6;10-6(9(13)14)3-5-1-2-7(11)8(12)4-5/h2-4,12-14H,5,11H2,1H3,(H,15,16);1-2,4,6,11-12H,3,10H2,(H,13,14)/t10-;/m0./s1. The van der Waals surface area contributed by atoms with Crippen LogP contribution in [0, 0.1) is 0 Å². The molecular weight excluding hydrogens is 398 g/mol. The Bertz CT molecular complexity index is 905. The molecule has 0 spiro atoms. The third-order valence-corrected chi connectivity index (χ3v) is 4.20. The summed E-state index contributed by atoms with van der Waals surface area (Å²) < 4.78 is 0. The van der Waals surface area contributed by atoms with Crippen LogP contribution in [-0.4, -0.2) is 54.2 Å². The van der Waals surface area contributed by atoms with E-state index in [0.717, 1.165) is 0 Å². The highest BCUT2D eigenvalue weighted by Crippen LogP contribution is 2.27. The van der Waals surface area contributed by atoms with Crippen LogP contribution >= 0.6 is 0 Å². The van der Waals surface area contributed by atoms with Crippen LogP contribution in [0.3, 0.4) is 0 Å². The van der Waals surface area contributed by atoms with Gasteiger partial charge in [0, 0.05) is 6.42 Å². The second-order valence-corrected chi connectivity index (χ2v) is 6.75. The van der Waals surface area contributed by atoms with Crippen molar-refractivity contribution in [1.82, 2.24) is 5.43 Å². The number of hydrazine groups is 1. The molecule has 0 radical (unpaired) electrons. The second-order valence-electron chi connectivity index (χ2n) is 6.75. The fourth-order valence-corrected chi connectivity index (χ4v) is 2.31. The molecule has 0 bridgehead atoms. The van der Waals surface area contributed by atoms with Gasteiger partial charge in [0.15, 0.2) is 23.0 Å². The molecule has 1 unspecified atom stereocenters. The summed E-state index contributed by atoms with van der Waals surface area (Å²) in [6.07, 6.45) is 0.204. The number of nitrogens with two attached hydrogens (primary N) is 2. The fourth-order valence-electron chi connectivity index (χ4n) is 2.31. The van der Waals surface area contributed by atoms with Crippen molar-refractivity contribution in [3.8, 4) is 23.0 Å². The lowest BCUT2D eigenvalue weighted by atomic mass is 9.93. The van der Waals surface area contributed by atoms with Crippen LogP contribution in [0.25, 0.3) is 0 Å². The number of phenolic OH excluding ortho intramolecular Hbond substituents is 4. The summed E-state index contributed by atoms with van der Waals surface area (Å²) in [7, 11) is 0. The van der Waals surface area contributed by atoms with Gasteiger partial charge in [-0.2, -0.15) is 0 Å². The predicted molar refractivity (Wildman–Crippen MR) is 106 cm³/mol. The zero-order valence-electron chi connectivity index (χ0n) is 16.1. The molecule has 11 heteroatoms. The van der Waals surface area contributed by atoms with E-state index in [9.17, 15) is 14.7 Å². The highest BCUT2D eigenvalue weighted by atomic mass is 16.4. The summed E-state index contributed by atoms with van der Waals surface area (Å²) in [5.74, 6) is 1.93. The molecule has 2 aromatic rings. The van der Waals surface area contributed by atoms with Crippen LogP contribution in [0.1, 0.15) is 18.1 Å². The maximum atomic E-state index is 11.0. The van der Waals surface area contributed by atoms with Gasteiger partial charge in [-0.1, -0.05) is 12.1 Å². The first-order valence-electron chi connectivity index (χ1n) is 8.61. The smallest absolute Gasteiger partial charge is 0.325 e. The van der Waals surface area contributed by atoms with Crippen molar-refractivity contribution in [1.29, 1.82) is 0 Å². The summed E-state index contributed by atoms with van der Waals surface area (Å²) in [4.78, 5) is 21.4. The van der Waals surface area contributed by atoms with Gasteiger partial charge in [0.25, 0.3) is 0 Å². The van der Waals surface area contributed by atoms with E-state index >= 15 is 0 Å². The largest absolute Gasteiger partial charge is 0.504 e. The van der Waals surface area contributed by atoms with E-state index in [1.807, 2.05) is 0 Å². The van der Waals surface area contributed by atoms with Crippen molar-refractivity contribution in [2.24, 2.45) is 11.6 Å². The van der Waals surface area contributed by atoms with Gasteiger partial charge in [0.2, 0.25) is 0 Å². The van der Waals surface area contributed by atoms with E-state index < -0.39 is 23.5 Å². The quantitative estimate of drug-likeness (QED) is 0.164. The predicted octanol–water partition coefficient (Wildman–Crippen LogP) is -0.000900. The number of phenols is 4. The van der Waals surface area contributed by atoms with Crippen LogP contribution in [0.4, 0.5) is 0 Å². The van der Waals surface area contributed by atoms with E-state index in [4.69, 9.17) is 37.1 Å². The molecule has 0 fully saturated rings. The first-order chi connectivity index (χ1) is 13.9. The van der Waals surface area contributed by atoms with E-state index in [1.165, 1.54) is 43.3 Å². The lowest BCUT2D eigenvalue weighted by Crippen LogP contribution is -2.54. The minimum Gasteiger partial charge on any atom is -0.504 e. The van der Waals surface area contributed by atoms with E-state index in [-0.39, 0.29) is 35.8 Å². The average Bonchev–Trinajstić information content (AvgIpc) is 2.67. The Kier molecular flexibility index (Phi) is 8.41. The minimum atomic E-state index is -1.32. The summed E-state index contributed by atoms with van der Waals surface area (Å²) in [5, 5.41) is 54.0. The number of aliphatic carboxylic acids is 2. The average molecular weight is 423 g/mol. The van der Waals surface area contributed by atoms with Crippen LogP contribution < -0.4 is 17.0 Å². The third kappa shape index (κ3) is 6.81. The Morgan fingerprint density at radius 2 is 1.40 bits per heavy atom. The van der Waals surface area contributed by atoms with Gasteiger partial charge >= 0.3 is 11.9 Å². The van der Waals surface area contributed by atoms with Crippen LogP contribution in [0.5, 0.6) is 23.0 Å². The summed E-state index contributed by atoms with van der Waals surface area (Å²) >= 11 is 0. The number of benzene rings is 2. The number of hydrogen-bond donors (Lipinski definition) is 9. The van der Waals surface area contributed by atoms with Crippen LogP contribution in [-0.2, 0) is 22.4 Å². The van der Waals surface area contributed by atoms with Gasteiger partial charge < -0.3 is 36.4 Å². The molecule has 0 aromatic heterocycles. The molecule has 164 valence electrons. The molecule has 0 aliphatic heterocycles. The third-order valence-electron chi connectivity index (χ3n) is 4.20. The molecular formula is C19H25N3O8. The highest BCUT2D eigenvalue weighted by molar-refractivity contribution is 5.78. The first-order valence-corrected chi connectivity index (χ1v) is 8.61. The van der Waals surface area contributed by atoms with Crippen molar-refractivity contribution in [3.63, 3.8) is 0 Å². The monoisotopic (exact) mass is 423 g/mol. The molecule has 2 rings (SSSR count). The minimum absolute atomic E-state index is 0.0900. The number of rotatable bonds is 7. The molecule has 11 N–H and O–H groups in total. The Hall–Kier alpha value is -3.54. The maximum Gasteiger partial charge on any atom is 0.325 e. The van der Waals surface area contributed by atoms with E-state index in [1.54, 1.807) is 0 Å². The zero-order chi connectivity index (χ0) is 23.1. The summed E-state index contributed by atoms with van der Waals surface area (Å²) in [6.45, 7) is 1.43. The molecule has 0 amide bonds. The normalized spacial score (nSPS) is 13.4. The lowest BCUT2D eigenvalue weighted by molar-refractivity contribution is -0.144. The Balaban J connectivity index is 0.000000303. The first kappa shape index (κ1) is 24.5. The van der Waals surface area contributed by atoms with Crippen molar-refractivity contribution in [2.45, 2.75) is 31.3 Å². The summed E-state index contributed by atoms with van der Waals surface area (Å²) in [5.41, 5.74) is 7.31. The lowest BCUT2D eigenvalue weighted by Gasteiger charge is -2.23. The Labute approximate surface area is 171 Å². The van der Waals surface area contributed by atoms with Gasteiger partial charge in [0.05, 0.1) is 0 Å². The maximum absolute atomic E-state index is 11.0. The molecule has 0 saturated heterocycles. The molecule has 11 nitrogen and oxygen atoms in total. The number of carbonyl (C=O) groups is 2. The van der Waals surface area contributed by atoms with E-state index in [2.05, 4.69) is 5.43 Å². The van der Waals surface area contributed by atoms with Crippen molar-refractivity contribution >= 4 is 11.9 Å². The number of aromatic hydroxyl groups is 4. The van der Waals surface area contributed by atoms with Crippen molar-refractivity contribution < 1.29 is 40.2 Å². The van der Waals surface area contributed by atoms with Crippen molar-refractivity contribution in [2.75, 3.05) is 0 Å². The number of carboxylic acids is 2. The van der Waals surface area contributed by atoms with Crippen molar-refractivity contribution in [3.05, 3.63) is 47.5 Å². The molecule has 0 heterocycles. The zero-order valence-corrected chi connectivity index (χ0v) is 16.1. The van der Waals surface area contributed by atoms with Gasteiger partial charge in [-0.25, -0.2) is 5.43 Å². The van der Waals surface area contributed by atoms with Crippen LogP contribution in [0.15, 0.2) is 36.4 Å². The molecule has 30 heavy (non-hydrogen) atoms. The number of nitrogens with one attached hydrogen (secondary N) is 1. The second kappa shape index (κ2) is 10.3. The SMILES string of the molecule is C[C@@](Cc1ccc(O)c(O)c1)(NN)C(=O)O.NC(Cc1ccc(O)c(O)c1)C(=O)O. The summed E-state index contributed by atoms with van der Waals surface area (Å²) in [6, 6.07) is 7.21. The molecule has 0 aliphatic rings. The topological polar surface area (TPSA) is 220 Å². The van der Waals surface area contributed by atoms with Gasteiger partial charge in [-0.05, 0) is 48.7 Å². The van der Waals surface area contributed by atoms with Gasteiger partial charge in [0.1, 0.15) is 11.6 Å². The highest BCUT2D eigenvalue weighted by Gasteiger charge is 2.32. The molecule has 0 aliphatic carbocycles. The van der Waals surface area contributed by atoms with E-state index in [0.29, 0.717) is 11.1 Å². The fraction of sp³-hybridized carbons (Fsp3) is 0.263. The molecule has 2 aromatic carbocycles. The molecule has 2 atom stereocenters. The number of hydrogen-bond acceptors (Lipinski definition) is 9. The Morgan fingerprint density at radius 3 is 1.80 bits per heavy atom. The Morgan fingerprint density at radius 1 is 0.933 bits per heavy atom. The van der Waals surface area contributed by atoms with Gasteiger partial charge in [-0.3, -0.25) is 15.4 Å². The molecule has 0 saturated carbocycles. The number of carboxylic acid groups (broad SMARTS) is 2.